The number of thiophene rings is 1. The van der Waals surface area contributed by atoms with Crippen LogP contribution >= 0.6 is 22.9 Å². The third-order valence-corrected chi connectivity index (χ3v) is 4.45. The minimum atomic E-state index is 0.404. The second-order valence-corrected chi connectivity index (χ2v) is 5.26. The third-order valence-electron chi connectivity index (χ3n) is 2.76. The predicted octanol–water partition coefficient (Wildman–Crippen LogP) is 4.14. The van der Waals surface area contributed by atoms with Gasteiger partial charge in [0.2, 0.25) is 0 Å². The van der Waals surface area contributed by atoms with E-state index in [4.69, 9.17) is 11.6 Å². The largest absolute Gasteiger partial charge is 0.313 e. The van der Waals surface area contributed by atoms with Gasteiger partial charge >= 0.3 is 0 Å². The second kappa shape index (κ2) is 4.12. The van der Waals surface area contributed by atoms with Crippen LogP contribution in [0.3, 0.4) is 0 Å². The highest BCUT2D eigenvalue weighted by molar-refractivity contribution is 7.19. The van der Waals surface area contributed by atoms with Crippen LogP contribution in [0.25, 0.3) is 10.1 Å². The first kappa shape index (κ1) is 10.9. The van der Waals surface area contributed by atoms with Crippen LogP contribution in [0.15, 0.2) is 18.2 Å². The van der Waals surface area contributed by atoms with E-state index in [0.717, 1.165) is 5.02 Å². The Morgan fingerprint density at radius 1 is 1.40 bits per heavy atom. The van der Waals surface area contributed by atoms with Crippen molar-refractivity contribution in [2.45, 2.75) is 19.9 Å². The summed E-state index contributed by atoms with van der Waals surface area (Å²) < 4.78 is 1.31. The zero-order valence-corrected chi connectivity index (χ0v) is 10.7. The van der Waals surface area contributed by atoms with Gasteiger partial charge in [0.15, 0.2) is 0 Å². The average Bonchev–Trinajstić information content (AvgIpc) is 2.55. The summed E-state index contributed by atoms with van der Waals surface area (Å²) in [5.74, 6) is 0. The zero-order valence-electron chi connectivity index (χ0n) is 9.10. The number of hydrogen-bond acceptors (Lipinski definition) is 2. The topological polar surface area (TPSA) is 12.0 Å². The summed E-state index contributed by atoms with van der Waals surface area (Å²) in [6.07, 6.45) is 0. The first-order valence-electron chi connectivity index (χ1n) is 4.99. The molecule has 1 atom stereocenters. The Morgan fingerprint density at radius 3 is 2.80 bits per heavy atom. The average molecular weight is 240 g/mol. The van der Waals surface area contributed by atoms with Crippen molar-refractivity contribution in [3.8, 4) is 0 Å². The van der Waals surface area contributed by atoms with Gasteiger partial charge < -0.3 is 5.32 Å². The molecule has 1 heterocycles. The fourth-order valence-electron chi connectivity index (χ4n) is 1.76. The Hall–Kier alpha value is -0.570. The molecule has 80 valence electrons. The van der Waals surface area contributed by atoms with Crippen molar-refractivity contribution in [2.75, 3.05) is 7.05 Å². The molecule has 2 rings (SSSR count). The summed E-state index contributed by atoms with van der Waals surface area (Å²) in [7, 11) is 1.99. The molecule has 1 aromatic heterocycles. The van der Waals surface area contributed by atoms with Crippen molar-refractivity contribution in [3.05, 3.63) is 33.7 Å². The minimum absolute atomic E-state index is 0.404. The number of fused-ring (bicyclic) bond motifs is 1. The van der Waals surface area contributed by atoms with E-state index in [0.29, 0.717) is 6.04 Å². The molecule has 0 fully saturated rings. The van der Waals surface area contributed by atoms with Crippen LogP contribution in [-0.2, 0) is 0 Å². The van der Waals surface area contributed by atoms with E-state index in [1.54, 1.807) is 0 Å². The molecule has 0 spiro atoms. The van der Waals surface area contributed by atoms with Crippen molar-refractivity contribution >= 4 is 33.0 Å². The lowest BCUT2D eigenvalue weighted by atomic mass is 10.1. The van der Waals surface area contributed by atoms with Gasteiger partial charge in [-0.05, 0) is 50.0 Å². The normalized spacial score (nSPS) is 13.3. The number of benzene rings is 1. The number of halogens is 1. The maximum atomic E-state index is 6.00. The first-order chi connectivity index (χ1) is 7.13. The Kier molecular flexibility index (Phi) is 3.01. The van der Waals surface area contributed by atoms with Crippen molar-refractivity contribution < 1.29 is 0 Å². The SMILES string of the molecule is CNC(C)c1sc2ccc(Cl)cc2c1C. The van der Waals surface area contributed by atoms with Crippen LogP contribution in [0.2, 0.25) is 5.02 Å². The van der Waals surface area contributed by atoms with Gasteiger partial charge in [-0.3, -0.25) is 0 Å². The van der Waals surface area contributed by atoms with Crippen LogP contribution in [0, 0.1) is 6.92 Å². The van der Waals surface area contributed by atoms with E-state index in [1.807, 2.05) is 24.5 Å². The first-order valence-corrected chi connectivity index (χ1v) is 6.18. The Balaban J connectivity index is 2.64. The lowest BCUT2D eigenvalue weighted by molar-refractivity contribution is 0.661. The lowest BCUT2D eigenvalue weighted by Gasteiger charge is -2.08. The maximum absolute atomic E-state index is 6.00. The predicted molar refractivity (Wildman–Crippen MR) is 69.0 cm³/mol. The zero-order chi connectivity index (χ0) is 11.0. The van der Waals surface area contributed by atoms with Crippen LogP contribution in [0.5, 0.6) is 0 Å². The lowest BCUT2D eigenvalue weighted by Crippen LogP contribution is -2.11. The van der Waals surface area contributed by atoms with Gasteiger partial charge in [-0.1, -0.05) is 11.6 Å². The Bertz CT molecular complexity index is 490. The summed E-state index contributed by atoms with van der Waals surface area (Å²) in [5.41, 5.74) is 1.35. The smallest absolute Gasteiger partial charge is 0.0413 e. The highest BCUT2D eigenvalue weighted by Crippen LogP contribution is 2.35. The summed E-state index contributed by atoms with van der Waals surface area (Å²) in [6, 6.07) is 6.50. The Morgan fingerprint density at radius 2 is 2.13 bits per heavy atom. The van der Waals surface area contributed by atoms with Crippen molar-refractivity contribution in [1.29, 1.82) is 0 Å². The van der Waals surface area contributed by atoms with E-state index < -0.39 is 0 Å². The van der Waals surface area contributed by atoms with Gasteiger partial charge in [-0.25, -0.2) is 0 Å². The fourth-order valence-corrected chi connectivity index (χ4v) is 3.18. The van der Waals surface area contributed by atoms with Gasteiger partial charge in [0.25, 0.3) is 0 Å². The molecule has 0 saturated carbocycles. The van der Waals surface area contributed by atoms with E-state index in [-0.39, 0.29) is 0 Å². The molecule has 1 aromatic carbocycles. The van der Waals surface area contributed by atoms with Crippen LogP contribution < -0.4 is 5.32 Å². The van der Waals surface area contributed by atoms with E-state index in [1.165, 1.54) is 20.5 Å². The molecule has 0 aliphatic heterocycles. The number of rotatable bonds is 2. The number of hydrogen-bond donors (Lipinski definition) is 1. The molecule has 0 aliphatic rings. The molecule has 2 aromatic rings. The van der Waals surface area contributed by atoms with Crippen LogP contribution in [0.1, 0.15) is 23.4 Å². The standard InChI is InChI=1S/C12H14ClNS/c1-7-10-6-9(13)4-5-11(10)15-12(7)8(2)14-3/h4-6,8,14H,1-3H3. The second-order valence-electron chi connectivity index (χ2n) is 3.74. The third kappa shape index (κ3) is 1.89. The number of nitrogens with one attached hydrogen (secondary N) is 1. The molecule has 3 heteroatoms. The molecule has 0 amide bonds. The molecule has 1 unspecified atom stereocenters. The van der Waals surface area contributed by atoms with Crippen molar-refractivity contribution in [1.82, 2.24) is 5.32 Å². The van der Waals surface area contributed by atoms with Gasteiger partial charge in [-0.15, -0.1) is 11.3 Å². The minimum Gasteiger partial charge on any atom is -0.313 e. The van der Waals surface area contributed by atoms with E-state index in [9.17, 15) is 0 Å². The van der Waals surface area contributed by atoms with Gasteiger partial charge in [-0.2, -0.15) is 0 Å². The highest BCUT2D eigenvalue weighted by Gasteiger charge is 2.12. The summed E-state index contributed by atoms with van der Waals surface area (Å²) in [5, 5.41) is 5.37. The molecule has 0 aliphatic carbocycles. The molecule has 1 nitrogen and oxygen atoms in total. The highest BCUT2D eigenvalue weighted by atomic mass is 35.5. The van der Waals surface area contributed by atoms with Crippen LogP contribution in [-0.4, -0.2) is 7.05 Å². The molecule has 0 radical (unpaired) electrons. The summed E-state index contributed by atoms with van der Waals surface area (Å²) in [6.45, 7) is 4.34. The van der Waals surface area contributed by atoms with Gasteiger partial charge in [0.1, 0.15) is 0 Å². The molecule has 0 saturated heterocycles. The van der Waals surface area contributed by atoms with Crippen molar-refractivity contribution in [2.24, 2.45) is 0 Å². The summed E-state index contributed by atoms with van der Waals surface area (Å²) >= 11 is 7.85. The quantitative estimate of drug-likeness (QED) is 0.831. The van der Waals surface area contributed by atoms with Gasteiger partial charge in [0, 0.05) is 20.6 Å². The Labute approximate surface area is 99.1 Å². The molecule has 0 bridgehead atoms. The van der Waals surface area contributed by atoms with Crippen LogP contribution in [0.4, 0.5) is 0 Å². The number of aryl methyl sites for hydroxylation is 1. The summed E-state index contributed by atoms with van der Waals surface area (Å²) in [4.78, 5) is 1.40. The molecule has 1 N–H and O–H groups in total. The van der Waals surface area contributed by atoms with Gasteiger partial charge in [0.05, 0.1) is 0 Å². The van der Waals surface area contributed by atoms with E-state index >= 15 is 0 Å². The molecular weight excluding hydrogens is 226 g/mol. The van der Waals surface area contributed by atoms with E-state index in [2.05, 4.69) is 31.3 Å². The fraction of sp³-hybridized carbons (Fsp3) is 0.333. The molecular formula is C12H14ClNS. The van der Waals surface area contributed by atoms with Crippen molar-refractivity contribution in [3.63, 3.8) is 0 Å². The molecule has 15 heavy (non-hydrogen) atoms. The maximum Gasteiger partial charge on any atom is 0.0413 e. The monoisotopic (exact) mass is 239 g/mol.